The van der Waals surface area contributed by atoms with E-state index < -0.39 is 0 Å². The molecule has 2 aromatic heterocycles. The number of fused-ring (bicyclic) bond motifs is 1. The molecule has 0 unspecified atom stereocenters. The lowest BCUT2D eigenvalue weighted by Crippen LogP contribution is -2.11. The van der Waals surface area contributed by atoms with Gasteiger partial charge in [0, 0.05) is 17.3 Å². The van der Waals surface area contributed by atoms with E-state index in [0.29, 0.717) is 12.2 Å². The number of esters is 1. The molecule has 3 rings (SSSR count). The largest absolute Gasteiger partial charge is 0.462 e. The molecular formula is C18H19N3O2. The van der Waals surface area contributed by atoms with Gasteiger partial charge in [-0.1, -0.05) is 29.8 Å². The third-order valence-electron chi connectivity index (χ3n) is 3.94. The first-order chi connectivity index (χ1) is 11.0. The van der Waals surface area contributed by atoms with Crippen molar-refractivity contribution in [3.63, 3.8) is 0 Å². The third-order valence-corrected chi connectivity index (χ3v) is 3.94. The molecule has 0 aliphatic carbocycles. The zero-order chi connectivity index (χ0) is 16.6. The van der Waals surface area contributed by atoms with Crippen LogP contribution in [-0.4, -0.2) is 27.2 Å². The first-order valence-corrected chi connectivity index (χ1v) is 7.62. The van der Waals surface area contributed by atoms with Crippen molar-refractivity contribution in [1.29, 1.82) is 0 Å². The van der Waals surface area contributed by atoms with Crippen LogP contribution in [0.1, 0.15) is 34.1 Å². The number of hydrogen-bond donors (Lipinski definition) is 0. The fraction of sp³-hybridized carbons (Fsp3) is 0.278. The van der Waals surface area contributed by atoms with Crippen molar-refractivity contribution in [3.8, 4) is 11.3 Å². The van der Waals surface area contributed by atoms with E-state index in [1.54, 1.807) is 17.6 Å². The molecule has 0 saturated carbocycles. The van der Waals surface area contributed by atoms with Gasteiger partial charge in [-0.05, 0) is 27.7 Å². The molecule has 0 aliphatic rings. The summed E-state index contributed by atoms with van der Waals surface area (Å²) in [5.74, 6) is -0.371. The van der Waals surface area contributed by atoms with Crippen molar-refractivity contribution < 1.29 is 9.53 Å². The van der Waals surface area contributed by atoms with Crippen molar-refractivity contribution in [1.82, 2.24) is 14.6 Å². The highest BCUT2D eigenvalue weighted by Crippen LogP contribution is 2.26. The van der Waals surface area contributed by atoms with Gasteiger partial charge >= 0.3 is 5.97 Å². The summed E-state index contributed by atoms with van der Waals surface area (Å²) in [6.45, 7) is 8.02. The quantitative estimate of drug-likeness (QED) is 0.695. The van der Waals surface area contributed by atoms with Crippen LogP contribution in [0.2, 0.25) is 0 Å². The van der Waals surface area contributed by atoms with Crippen molar-refractivity contribution in [2.75, 3.05) is 6.61 Å². The average molecular weight is 309 g/mol. The number of hydrogen-bond acceptors (Lipinski definition) is 4. The highest BCUT2D eigenvalue weighted by molar-refractivity contribution is 5.90. The van der Waals surface area contributed by atoms with Crippen LogP contribution in [0, 0.1) is 20.8 Å². The van der Waals surface area contributed by atoms with Crippen molar-refractivity contribution >= 4 is 11.6 Å². The molecule has 0 amide bonds. The maximum absolute atomic E-state index is 12.0. The lowest BCUT2D eigenvalue weighted by molar-refractivity contribution is 0.0524. The zero-order valence-electron chi connectivity index (χ0n) is 13.8. The van der Waals surface area contributed by atoms with E-state index >= 15 is 0 Å². The Hall–Kier alpha value is -2.69. The van der Waals surface area contributed by atoms with Gasteiger partial charge in [-0.15, -0.1) is 0 Å². The van der Waals surface area contributed by atoms with Crippen LogP contribution in [0.15, 0.2) is 30.5 Å². The van der Waals surface area contributed by atoms with E-state index in [1.807, 2.05) is 26.0 Å². The van der Waals surface area contributed by atoms with Crippen LogP contribution in [0.5, 0.6) is 0 Å². The molecule has 5 heteroatoms. The topological polar surface area (TPSA) is 56.5 Å². The third kappa shape index (κ3) is 2.59. The molecule has 1 aromatic carbocycles. The molecule has 118 valence electrons. The van der Waals surface area contributed by atoms with E-state index in [9.17, 15) is 4.79 Å². The average Bonchev–Trinajstić information content (AvgIpc) is 2.87. The lowest BCUT2D eigenvalue weighted by atomic mass is 10.1. The molecule has 0 fully saturated rings. The first kappa shape index (κ1) is 15.2. The first-order valence-electron chi connectivity index (χ1n) is 7.62. The summed E-state index contributed by atoms with van der Waals surface area (Å²) in [5.41, 5.74) is 6.04. The molecule has 2 heterocycles. The second kappa shape index (κ2) is 5.83. The molecule has 0 aliphatic heterocycles. The smallest absolute Gasteiger partial charge is 0.341 e. The van der Waals surface area contributed by atoms with Gasteiger partial charge in [-0.2, -0.15) is 5.10 Å². The highest BCUT2D eigenvalue weighted by Gasteiger charge is 2.18. The minimum absolute atomic E-state index is 0.336. The van der Waals surface area contributed by atoms with Gasteiger partial charge in [0.15, 0.2) is 5.65 Å². The number of benzene rings is 1. The molecule has 23 heavy (non-hydrogen) atoms. The molecule has 0 radical (unpaired) electrons. The second-order valence-corrected chi connectivity index (χ2v) is 5.55. The Morgan fingerprint density at radius 2 is 1.87 bits per heavy atom. The van der Waals surface area contributed by atoms with Crippen LogP contribution in [0.4, 0.5) is 0 Å². The summed E-state index contributed by atoms with van der Waals surface area (Å²) < 4.78 is 6.79. The van der Waals surface area contributed by atoms with Crippen LogP contribution in [0.25, 0.3) is 16.9 Å². The molecule has 0 saturated heterocycles. The summed E-state index contributed by atoms with van der Waals surface area (Å²) in [6.07, 6.45) is 1.57. The van der Waals surface area contributed by atoms with Crippen LogP contribution in [0.3, 0.4) is 0 Å². The van der Waals surface area contributed by atoms with Gasteiger partial charge in [-0.25, -0.2) is 14.3 Å². The molecule has 5 nitrogen and oxygen atoms in total. The fourth-order valence-electron chi connectivity index (χ4n) is 2.60. The van der Waals surface area contributed by atoms with Crippen LogP contribution >= 0.6 is 0 Å². The SMILES string of the molecule is CCOC(=O)c1cnc2c(C)c(-c3ccc(C)cc3)nn2c1C. The second-order valence-electron chi connectivity index (χ2n) is 5.55. The number of ether oxygens (including phenoxy) is 1. The maximum Gasteiger partial charge on any atom is 0.341 e. The van der Waals surface area contributed by atoms with E-state index in [0.717, 1.165) is 28.2 Å². The number of rotatable bonds is 3. The molecule has 3 aromatic rings. The van der Waals surface area contributed by atoms with Gasteiger partial charge < -0.3 is 4.74 Å². The maximum atomic E-state index is 12.0. The minimum Gasteiger partial charge on any atom is -0.462 e. The number of carbonyl (C=O) groups excluding carboxylic acids is 1. The summed E-state index contributed by atoms with van der Waals surface area (Å²) in [4.78, 5) is 16.4. The van der Waals surface area contributed by atoms with E-state index in [1.165, 1.54) is 5.56 Å². The Bertz CT molecular complexity index is 879. The van der Waals surface area contributed by atoms with Gasteiger partial charge in [0.25, 0.3) is 0 Å². The fourth-order valence-corrected chi connectivity index (χ4v) is 2.60. The molecule has 0 atom stereocenters. The van der Waals surface area contributed by atoms with Crippen molar-refractivity contribution in [3.05, 3.63) is 52.8 Å². The molecule has 0 spiro atoms. The molecule has 0 bridgehead atoms. The van der Waals surface area contributed by atoms with E-state index in [-0.39, 0.29) is 5.97 Å². The van der Waals surface area contributed by atoms with Gasteiger partial charge in [0.05, 0.1) is 23.6 Å². The molecule has 0 N–H and O–H groups in total. The van der Waals surface area contributed by atoms with E-state index in [2.05, 4.69) is 29.1 Å². The summed E-state index contributed by atoms with van der Waals surface area (Å²) in [5, 5.41) is 4.66. The lowest BCUT2D eigenvalue weighted by Gasteiger charge is -2.06. The van der Waals surface area contributed by atoms with E-state index in [4.69, 9.17) is 4.74 Å². The van der Waals surface area contributed by atoms with Crippen LogP contribution < -0.4 is 0 Å². The van der Waals surface area contributed by atoms with Gasteiger partial charge in [0.1, 0.15) is 0 Å². The minimum atomic E-state index is -0.371. The Labute approximate surface area is 134 Å². The predicted molar refractivity (Wildman–Crippen MR) is 88.6 cm³/mol. The Morgan fingerprint density at radius 1 is 1.17 bits per heavy atom. The number of carbonyl (C=O) groups is 1. The van der Waals surface area contributed by atoms with Gasteiger partial charge in [-0.3, -0.25) is 0 Å². The van der Waals surface area contributed by atoms with Crippen molar-refractivity contribution in [2.45, 2.75) is 27.7 Å². The Balaban J connectivity index is 2.16. The van der Waals surface area contributed by atoms with Gasteiger partial charge in [0.2, 0.25) is 0 Å². The normalized spacial score (nSPS) is 11.0. The standard InChI is InChI=1S/C18H19N3O2/c1-5-23-18(22)15-10-19-17-12(3)16(20-21(17)13(15)4)14-8-6-11(2)7-9-14/h6-10H,5H2,1-4H3. The Morgan fingerprint density at radius 3 is 2.52 bits per heavy atom. The Kier molecular flexibility index (Phi) is 3.86. The summed E-state index contributed by atoms with van der Waals surface area (Å²) in [7, 11) is 0. The number of nitrogens with zero attached hydrogens (tertiary/aromatic N) is 3. The monoisotopic (exact) mass is 309 g/mol. The summed E-state index contributed by atoms with van der Waals surface area (Å²) in [6, 6.07) is 8.21. The summed E-state index contributed by atoms with van der Waals surface area (Å²) >= 11 is 0. The highest BCUT2D eigenvalue weighted by atomic mass is 16.5. The number of aryl methyl sites for hydroxylation is 3. The predicted octanol–water partition coefficient (Wildman–Crippen LogP) is 3.50. The van der Waals surface area contributed by atoms with Crippen molar-refractivity contribution in [2.24, 2.45) is 0 Å². The van der Waals surface area contributed by atoms with Crippen LogP contribution in [-0.2, 0) is 4.74 Å². The molecular weight excluding hydrogens is 290 g/mol. The zero-order valence-corrected chi connectivity index (χ0v) is 13.8. The number of aromatic nitrogens is 3.